The lowest BCUT2D eigenvalue weighted by Gasteiger charge is -2.31. The smallest absolute Gasteiger partial charge is 0.451 e. The summed E-state index contributed by atoms with van der Waals surface area (Å²) >= 11 is 0. The Balaban J connectivity index is 3.04. The third-order valence-corrected chi connectivity index (χ3v) is 4.09. The number of hydrogen-bond donors (Lipinski definition) is 2. The quantitative estimate of drug-likeness (QED) is 0.294. The molecule has 0 saturated heterocycles. The second kappa shape index (κ2) is 11.7. The molecule has 0 aliphatic heterocycles. The molecule has 2 N–H and O–H groups in total. The van der Waals surface area contributed by atoms with Gasteiger partial charge in [0.2, 0.25) is 5.96 Å². The highest BCUT2D eigenvalue weighted by atomic mass is 16.8. The van der Waals surface area contributed by atoms with E-state index in [1.165, 1.54) is 7.05 Å². The number of ether oxygens (including phenoxy) is 1. The molecule has 0 saturated carbocycles. The molecule has 0 radical (unpaired) electrons. The van der Waals surface area contributed by atoms with E-state index in [1.807, 2.05) is 13.0 Å². The number of nitrogens with one attached hydrogen (secondary N) is 1. The number of carboxylic acids is 1. The molecule has 1 amide bonds. The fraction of sp³-hybridized carbons (Fsp3) is 0.500. The molecule has 0 heterocycles. The Morgan fingerprint density at radius 1 is 1.17 bits per heavy atom. The zero-order valence-corrected chi connectivity index (χ0v) is 17.3. The van der Waals surface area contributed by atoms with Gasteiger partial charge in [0.05, 0.1) is 12.5 Å². The molecule has 1 unspecified atom stereocenters. The maximum Gasteiger partial charge on any atom is 0.451 e. The topological polar surface area (TPSA) is 120 Å². The first-order valence-corrected chi connectivity index (χ1v) is 9.45. The monoisotopic (exact) mass is 407 g/mol. The molecule has 0 spiro atoms. The van der Waals surface area contributed by atoms with Crippen molar-refractivity contribution in [1.29, 1.82) is 5.41 Å². The summed E-state index contributed by atoms with van der Waals surface area (Å²) in [6.45, 7) is 5.16. The molecule has 1 atom stereocenters. The van der Waals surface area contributed by atoms with Crippen LogP contribution in [0.3, 0.4) is 0 Å². The summed E-state index contributed by atoms with van der Waals surface area (Å²) in [6, 6.07) is 7.74. The lowest BCUT2D eigenvalue weighted by atomic mass is 10.1. The number of amides is 1. The van der Waals surface area contributed by atoms with Crippen LogP contribution in [0.2, 0.25) is 0 Å². The highest BCUT2D eigenvalue weighted by Crippen LogP contribution is 2.13. The number of unbranched alkanes of at least 4 members (excludes halogenated alkanes) is 1. The van der Waals surface area contributed by atoms with Gasteiger partial charge < -0.3 is 19.6 Å². The fourth-order valence-electron chi connectivity index (χ4n) is 2.24. The number of carbonyl (C=O) groups is 3. The van der Waals surface area contributed by atoms with Crippen molar-refractivity contribution in [3.63, 3.8) is 0 Å². The van der Waals surface area contributed by atoms with Crippen LogP contribution in [0.15, 0.2) is 30.3 Å². The van der Waals surface area contributed by atoms with E-state index < -0.39 is 36.0 Å². The molecule has 1 rings (SSSR count). The summed E-state index contributed by atoms with van der Waals surface area (Å²) in [7, 11) is 1.35. The molecule has 1 aromatic carbocycles. The minimum atomic E-state index is -1.18. The van der Waals surface area contributed by atoms with Gasteiger partial charge in [-0.2, -0.15) is 0 Å². The van der Waals surface area contributed by atoms with Crippen LogP contribution < -0.4 is 0 Å². The minimum Gasteiger partial charge on any atom is -0.480 e. The standard InChI is InChI=1S/C20H29N3O6/c1-5-6-12-28-20(27)23(29-18(26)14(2)3)19(21)22(4)16(17(24)25)13-15-10-8-7-9-11-15/h7-11,14,16,21H,5-6,12-13H2,1-4H3,(H,24,25). The number of hydroxylamine groups is 2. The van der Waals surface area contributed by atoms with Crippen LogP contribution in [0.4, 0.5) is 4.79 Å². The van der Waals surface area contributed by atoms with Crippen molar-refractivity contribution in [3.05, 3.63) is 35.9 Å². The predicted molar refractivity (Wildman–Crippen MR) is 106 cm³/mol. The first-order valence-electron chi connectivity index (χ1n) is 9.45. The van der Waals surface area contributed by atoms with Gasteiger partial charge in [0.15, 0.2) is 0 Å². The Morgan fingerprint density at radius 2 is 1.79 bits per heavy atom. The molecule has 160 valence electrons. The summed E-state index contributed by atoms with van der Waals surface area (Å²) in [6.07, 6.45) is 0.431. The fourth-order valence-corrected chi connectivity index (χ4v) is 2.24. The first-order chi connectivity index (χ1) is 13.7. The van der Waals surface area contributed by atoms with E-state index in [1.54, 1.807) is 38.1 Å². The summed E-state index contributed by atoms with van der Waals surface area (Å²) in [4.78, 5) is 42.3. The van der Waals surface area contributed by atoms with E-state index >= 15 is 0 Å². The van der Waals surface area contributed by atoms with E-state index in [9.17, 15) is 19.5 Å². The van der Waals surface area contributed by atoms with Gasteiger partial charge in [-0.3, -0.25) is 5.41 Å². The van der Waals surface area contributed by atoms with Crippen LogP contribution in [0.25, 0.3) is 0 Å². The number of carboxylic acid groups (broad SMARTS) is 1. The Kier molecular flexibility index (Phi) is 9.64. The van der Waals surface area contributed by atoms with Crippen LogP contribution in [-0.4, -0.2) is 58.8 Å². The van der Waals surface area contributed by atoms with Crippen LogP contribution >= 0.6 is 0 Å². The van der Waals surface area contributed by atoms with Crippen molar-refractivity contribution >= 4 is 24.0 Å². The van der Waals surface area contributed by atoms with Gasteiger partial charge in [-0.25, -0.2) is 14.4 Å². The molecule has 9 heteroatoms. The molecule has 0 fully saturated rings. The maximum absolute atomic E-state index is 12.4. The molecule has 9 nitrogen and oxygen atoms in total. The van der Waals surface area contributed by atoms with E-state index in [0.717, 1.165) is 16.9 Å². The van der Waals surface area contributed by atoms with Crippen molar-refractivity contribution < 1.29 is 29.1 Å². The maximum atomic E-state index is 12.4. The van der Waals surface area contributed by atoms with Crippen molar-refractivity contribution in [1.82, 2.24) is 9.96 Å². The Hall–Kier alpha value is -3.10. The Morgan fingerprint density at radius 3 is 2.31 bits per heavy atom. The largest absolute Gasteiger partial charge is 0.480 e. The molecular weight excluding hydrogens is 378 g/mol. The normalized spacial score (nSPS) is 11.5. The average Bonchev–Trinajstić information content (AvgIpc) is 2.69. The van der Waals surface area contributed by atoms with Crippen molar-refractivity contribution in [3.8, 4) is 0 Å². The van der Waals surface area contributed by atoms with Crippen LogP contribution in [0.5, 0.6) is 0 Å². The first kappa shape index (κ1) is 23.9. The van der Waals surface area contributed by atoms with Gasteiger partial charge in [-0.1, -0.05) is 62.6 Å². The highest BCUT2D eigenvalue weighted by molar-refractivity contribution is 5.94. The number of carbonyl (C=O) groups excluding carboxylic acids is 2. The number of likely N-dealkylation sites (N-methyl/N-ethyl adjacent to an activating group) is 1. The van der Waals surface area contributed by atoms with Crippen molar-refractivity contribution in [2.24, 2.45) is 5.92 Å². The van der Waals surface area contributed by atoms with Gasteiger partial charge in [0, 0.05) is 13.5 Å². The number of hydrogen-bond acceptors (Lipinski definition) is 6. The van der Waals surface area contributed by atoms with E-state index in [2.05, 4.69) is 0 Å². The summed E-state index contributed by atoms with van der Waals surface area (Å²) < 4.78 is 5.05. The number of benzene rings is 1. The zero-order chi connectivity index (χ0) is 22.0. The second-order valence-electron chi connectivity index (χ2n) is 6.81. The Labute approximate surface area is 170 Å². The summed E-state index contributed by atoms with van der Waals surface area (Å²) in [5, 5.41) is 18.3. The molecule has 1 aromatic rings. The second-order valence-corrected chi connectivity index (χ2v) is 6.81. The van der Waals surface area contributed by atoms with Crippen molar-refractivity contribution in [2.75, 3.05) is 13.7 Å². The summed E-state index contributed by atoms with van der Waals surface area (Å²) in [5.74, 6) is -3.09. The third kappa shape index (κ3) is 7.44. The minimum absolute atomic E-state index is 0.0892. The van der Waals surface area contributed by atoms with E-state index in [4.69, 9.17) is 15.0 Å². The molecule has 0 aromatic heterocycles. The third-order valence-electron chi connectivity index (χ3n) is 4.09. The SMILES string of the molecule is CCCCOC(=O)N(OC(=O)C(C)C)C(=N)N(C)C(Cc1ccccc1)C(=O)O. The Bertz CT molecular complexity index is 707. The molecule has 0 aliphatic carbocycles. The van der Waals surface area contributed by atoms with Crippen LogP contribution in [-0.2, 0) is 25.6 Å². The number of guanidine groups is 1. The van der Waals surface area contributed by atoms with Gasteiger partial charge in [-0.05, 0) is 12.0 Å². The van der Waals surface area contributed by atoms with Gasteiger partial charge in [0.25, 0.3) is 0 Å². The van der Waals surface area contributed by atoms with E-state index in [0.29, 0.717) is 11.5 Å². The number of nitrogens with zero attached hydrogens (tertiary/aromatic N) is 2. The zero-order valence-electron chi connectivity index (χ0n) is 17.3. The van der Waals surface area contributed by atoms with Crippen LogP contribution in [0.1, 0.15) is 39.2 Å². The lowest BCUT2D eigenvalue weighted by Crippen LogP contribution is -2.53. The number of rotatable bonds is 8. The van der Waals surface area contributed by atoms with Gasteiger partial charge in [0.1, 0.15) is 6.04 Å². The molecule has 29 heavy (non-hydrogen) atoms. The van der Waals surface area contributed by atoms with Gasteiger partial charge in [-0.15, -0.1) is 0 Å². The number of aliphatic carboxylic acids is 1. The van der Waals surface area contributed by atoms with Gasteiger partial charge >= 0.3 is 18.0 Å². The molecule has 0 aliphatic rings. The molecule has 0 bridgehead atoms. The summed E-state index contributed by atoms with van der Waals surface area (Å²) in [5.41, 5.74) is 0.746. The average molecular weight is 407 g/mol. The highest BCUT2D eigenvalue weighted by Gasteiger charge is 2.34. The molecular formula is C20H29N3O6. The lowest BCUT2D eigenvalue weighted by molar-refractivity contribution is -0.173. The predicted octanol–water partition coefficient (Wildman–Crippen LogP) is 2.90. The van der Waals surface area contributed by atoms with E-state index in [-0.39, 0.29) is 13.0 Å². The van der Waals surface area contributed by atoms with Crippen LogP contribution in [0, 0.1) is 11.3 Å². The van der Waals surface area contributed by atoms with Crippen molar-refractivity contribution in [2.45, 2.75) is 46.1 Å².